The van der Waals surface area contributed by atoms with E-state index in [0.717, 1.165) is 5.56 Å². The largest absolute Gasteiger partial charge is 0.370 e. The fourth-order valence-corrected chi connectivity index (χ4v) is 2.59. The summed E-state index contributed by atoms with van der Waals surface area (Å²) in [6, 6.07) is 6.22. The number of morpholine rings is 1. The van der Waals surface area contributed by atoms with Crippen molar-refractivity contribution in [1.82, 2.24) is 25.1 Å². The SMILES string of the molecule is O=C(CCCn1cnnn1)N1CCO[C@H](c2ccc(F)cc2)C1. The molecule has 0 bridgehead atoms. The molecule has 1 aliphatic rings. The van der Waals surface area contributed by atoms with Gasteiger partial charge in [-0.15, -0.1) is 5.10 Å². The molecule has 1 atom stereocenters. The van der Waals surface area contributed by atoms with Crippen molar-refractivity contribution in [2.75, 3.05) is 19.7 Å². The second kappa shape index (κ2) is 7.28. The summed E-state index contributed by atoms with van der Waals surface area (Å²) in [6.07, 6.45) is 2.45. The van der Waals surface area contributed by atoms with Crippen LogP contribution in [0.5, 0.6) is 0 Å². The number of carbonyl (C=O) groups is 1. The van der Waals surface area contributed by atoms with Crippen LogP contribution in [0, 0.1) is 5.82 Å². The summed E-state index contributed by atoms with van der Waals surface area (Å²) in [6.45, 7) is 2.18. The molecule has 7 nitrogen and oxygen atoms in total. The molecular weight excluding hydrogens is 301 g/mol. The lowest BCUT2D eigenvalue weighted by Gasteiger charge is -2.33. The van der Waals surface area contributed by atoms with Crippen LogP contribution in [0.15, 0.2) is 30.6 Å². The van der Waals surface area contributed by atoms with Gasteiger partial charge in [0.05, 0.1) is 13.2 Å². The monoisotopic (exact) mass is 319 g/mol. The third kappa shape index (κ3) is 4.10. The fraction of sp³-hybridized carbons (Fsp3) is 0.467. The number of ether oxygens (including phenoxy) is 1. The topological polar surface area (TPSA) is 73.1 Å². The van der Waals surface area contributed by atoms with Crippen molar-refractivity contribution in [3.63, 3.8) is 0 Å². The van der Waals surface area contributed by atoms with Crippen LogP contribution >= 0.6 is 0 Å². The number of tetrazole rings is 1. The Hall–Kier alpha value is -2.35. The first-order valence-electron chi connectivity index (χ1n) is 7.58. The van der Waals surface area contributed by atoms with E-state index in [9.17, 15) is 9.18 Å². The first kappa shape index (κ1) is 15.5. The van der Waals surface area contributed by atoms with Gasteiger partial charge in [0.15, 0.2) is 0 Å². The third-order valence-electron chi connectivity index (χ3n) is 3.83. The molecule has 1 aromatic carbocycles. The molecule has 8 heteroatoms. The van der Waals surface area contributed by atoms with Crippen LogP contribution in [0.3, 0.4) is 0 Å². The van der Waals surface area contributed by atoms with Crippen molar-refractivity contribution in [3.05, 3.63) is 42.0 Å². The first-order chi connectivity index (χ1) is 11.2. The molecule has 2 heterocycles. The van der Waals surface area contributed by atoms with Gasteiger partial charge in [-0.25, -0.2) is 9.07 Å². The highest BCUT2D eigenvalue weighted by molar-refractivity contribution is 5.76. The summed E-state index contributed by atoms with van der Waals surface area (Å²) in [4.78, 5) is 14.1. The Balaban J connectivity index is 1.51. The number of carbonyl (C=O) groups excluding carboxylic acids is 1. The lowest BCUT2D eigenvalue weighted by Crippen LogP contribution is -2.42. The van der Waals surface area contributed by atoms with E-state index in [-0.39, 0.29) is 17.8 Å². The Morgan fingerprint density at radius 3 is 2.91 bits per heavy atom. The molecular formula is C15H18FN5O2. The summed E-state index contributed by atoms with van der Waals surface area (Å²) in [5.41, 5.74) is 0.887. The van der Waals surface area contributed by atoms with E-state index >= 15 is 0 Å². The number of aryl methyl sites for hydroxylation is 1. The van der Waals surface area contributed by atoms with Crippen molar-refractivity contribution >= 4 is 5.91 Å². The molecule has 0 N–H and O–H groups in total. The highest BCUT2D eigenvalue weighted by atomic mass is 19.1. The van der Waals surface area contributed by atoms with E-state index in [2.05, 4.69) is 15.5 Å². The molecule has 122 valence electrons. The predicted octanol–water partition coefficient (Wildman–Crippen LogP) is 1.19. The number of nitrogens with zero attached hydrogens (tertiary/aromatic N) is 5. The van der Waals surface area contributed by atoms with Crippen LogP contribution in [0.1, 0.15) is 24.5 Å². The molecule has 1 aromatic heterocycles. The summed E-state index contributed by atoms with van der Waals surface area (Å²) in [5.74, 6) is -0.187. The van der Waals surface area contributed by atoms with E-state index in [1.54, 1.807) is 21.7 Å². The molecule has 1 aliphatic heterocycles. The van der Waals surface area contributed by atoms with Gasteiger partial charge in [0.25, 0.3) is 0 Å². The zero-order valence-electron chi connectivity index (χ0n) is 12.6. The maximum atomic E-state index is 13.0. The van der Waals surface area contributed by atoms with Gasteiger partial charge in [-0.1, -0.05) is 12.1 Å². The third-order valence-corrected chi connectivity index (χ3v) is 3.83. The molecule has 1 saturated heterocycles. The quantitative estimate of drug-likeness (QED) is 0.828. The molecule has 2 aromatic rings. The van der Waals surface area contributed by atoms with Crippen LogP contribution < -0.4 is 0 Å². The standard InChI is InChI=1S/C15H18FN5O2/c16-13-5-3-12(4-6-13)14-10-20(8-9-23-14)15(22)2-1-7-21-11-17-18-19-21/h3-6,11,14H,1-2,7-10H2/t14-/m0/s1. The maximum Gasteiger partial charge on any atom is 0.222 e. The Morgan fingerprint density at radius 1 is 1.35 bits per heavy atom. The van der Waals surface area contributed by atoms with Gasteiger partial charge < -0.3 is 9.64 Å². The number of benzene rings is 1. The minimum atomic E-state index is -0.278. The molecule has 0 spiro atoms. The zero-order chi connectivity index (χ0) is 16.1. The Labute approximate surface area is 133 Å². The minimum Gasteiger partial charge on any atom is -0.370 e. The lowest BCUT2D eigenvalue weighted by atomic mass is 10.1. The van der Waals surface area contributed by atoms with Gasteiger partial charge in [-0.05, 0) is 34.5 Å². The summed E-state index contributed by atoms with van der Waals surface area (Å²) in [5, 5.41) is 10.9. The normalized spacial score (nSPS) is 18.1. The van der Waals surface area contributed by atoms with Crippen molar-refractivity contribution in [2.24, 2.45) is 0 Å². The van der Waals surface area contributed by atoms with Crippen LogP contribution in [-0.2, 0) is 16.1 Å². The lowest BCUT2D eigenvalue weighted by molar-refractivity contribution is -0.139. The molecule has 0 radical (unpaired) electrons. The van der Waals surface area contributed by atoms with E-state index in [0.29, 0.717) is 39.1 Å². The summed E-state index contributed by atoms with van der Waals surface area (Å²) < 4.78 is 20.3. The number of aromatic nitrogens is 4. The van der Waals surface area contributed by atoms with E-state index in [4.69, 9.17) is 4.74 Å². The molecule has 23 heavy (non-hydrogen) atoms. The average molecular weight is 319 g/mol. The van der Waals surface area contributed by atoms with Crippen LogP contribution in [0.25, 0.3) is 0 Å². The zero-order valence-corrected chi connectivity index (χ0v) is 12.6. The predicted molar refractivity (Wildman–Crippen MR) is 78.7 cm³/mol. The fourth-order valence-electron chi connectivity index (χ4n) is 2.59. The number of hydrogen-bond acceptors (Lipinski definition) is 5. The van der Waals surface area contributed by atoms with Gasteiger partial charge in [0.2, 0.25) is 5.91 Å². The van der Waals surface area contributed by atoms with Gasteiger partial charge in [0, 0.05) is 19.5 Å². The molecule has 3 rings (SSSR count). The highest BCUT2D eigenvalue weighted by Gasteiger charge is 2.25. The van der Waals surface area contributed by atoms with E-state index in [1.807, 2.05) is 0 Å². The Morgan fingerprint density at radius 2 is 2.17 bits per heavy atom. The van der Waals surface area contributed by atoms with E-state index < -0.39 is 0 Å². The van der Waals surface area contributed by atoms with Crippen LogP contribution in [0.4, 0.5) is 4.39 Å². The minimum absolute atomic E-state index is 0.0912. The summed E-state index contributed by atoms with van der Waals surface area (Å²) in [7, 11) is 0. The molecule has 1 amide bonds. The molecule has 1 fully saturated rings. The van der Waals surface area contributed by atoms with Gasteiger partial charge in [-0.2, -0.15) is 0 Å². The summed E-state index contributed by atoms with van der Waals surface area (Å²) >= 11 is 0. The number of rotatable bonds is 5. The first-order valence-corrected chi connectivity index (χ1v) is 7.58. The molecule has 0 saturated carbocycles. The Bertz CT molecular complexity index is 632. The van der Waals surface area contributed by atoms with Crippen molar-refractivity contribution in [2.45, 2.75) is 25.5 Å². The molecule has 0 aliphatic carbocycles. The number of hydrogen-bond donors (Lipinski definition) is 0. The second-order valence-electron chi connectivity index (χ2n) is 5.43. The van der Waals surface area contributed by atoms with Crippen molar-refractivity contribution in [1.29, 1.82) is 0 Å². The Kier molecular flexibility index (Phi) is 4.92. The molecule has 0 unspecified atom stereocenters. The van der Waals surface area contributed by atoms with E-state index in [1.165, 1.54) is 18.5 Å². The van der Waals surface area contributed by atoms with Crippen LogP contribution in [0.2, 0.25) is 0 Å². The average Bonchev–Trinajstić information content (AvgIpc) is 3.09. The van der Waals surface area contributed by atoms with Gasteiger partial charge >= 0.3 is 0 Å². The number of halogens is 1. The van der Waals surface area contributed by atoms with Crippen LogP contribution in [-0.4, -0.2) is 50.7 Å². The number of amides is 1. The highest BCUT2D eigenvalue weighted by Crippen LogP contribution is 2.23. The smallest absolute Gasteiger partial charge is 0.222 e. The maximum absolute atomic E-state index is 13.0. The second-order valence-corrected chi connectivity index (χ2v) is 5.43. The van der Waals surface area contributed by atoms with Crippen molar-refractivity contribution < 1.29 is 13.9 Å². The van der Waals surface area contributed by atoms with Crippen molar-refractivity contribution in [3.8, 4) is 0 Å². The van der Waals surface area contributed by atoms with Gasteiger partial charge in [-0.3, -0.25) is 4.79 Å². The van der Waals surface area contributed by atoms with Gasteiger partial charge in [0.1, 0.15) is 18.2 Å².